The molecule has 0 unspecified atom stereocenters. The van der Waals surface area contributed by atoms with Crippen LogP contribution in [0.1, 0.15) is 63.9 Å². The van der Waals surface area contributed by atoms with Crippen LogP contribution in [0.5, 0.6) is 5.75 Å². The predicted molar refractivity (Wildman–Crippen MR) is 175 cm³/mol. The summed E-state index contributed by atoms with van der Waals surface area (Å²) >= 11 is 0. The zero-order chi connectivity index (χ0) is 31.0. The normalized spacial score (nSPS) is 19.0. The lowest BCUT2D eigenvalue weighted by Gasteiger charge is -2.35. The van der Waals surface area contributed by atoms with Crippen molar-refractivity contribution in [2.75, 3.05) is 13.1 Å². The molecular weight excluding hydrogens is 566 g/mol. The molecule has 2 fully saturated rings. The largest absolute Gasteiger partial charge is 0.490 e. The predicted octanol–water partition coefficient (Wildman–Crippen LogP) is 7.37. The van der Waals surface area contributed by atoms with Gasteiger partial charge in [0, 0.05) is 43.8 Å². The molecule has 0 atom stereocenters. The Kier molecular flexibility index (Phi) is 10.1. The monoisotopic (exact) mass is 609 g/mol. The third-order valence-corrected chi connectivity index (χ3v) is 9.02. The topological polar surface area (TPSA) is 82.9 Å². The molecule has 1 aliphatic carbocycles. The molecule has 2 aliphatic rings. The molecule has 2 aromatic heterocycles. The highest BCUT2D eigenvalue weighted by Gasteiger charge is 2.29. The number of rotatable bonds is 10. The number of carbonyl (C=O) groups is 1. The van der Waals surface area contributed by atoms with E-state index in [1.165, 1.54) is 0 Å². The molecule has 0 N–H and O–H groups in total. The highest BCUT2D eigenvalue weighted by atomic mass is 16.6. The molecule has 8 heteroatoms. The minimum atomic E-state index is -0.246. The number of pyridine rings is 2. The number of piperidine rings is 1. The van der Waals surface area contributed by atoms with Crippen molar-refractivity contribution in [1.82, 2.24) is 14.5 Å². The number of ether oxygens (including phenoxy) is 3. The quantitative estimate of drug-likeness (QED) is 0.187. The van der Waals surface area contributed by atoms with Crippen molar-refractivity contribution in [2.45, 2.75) is 89.8 Å². The fourth-order valence-electron chi connectivity index (χ4n) is 6.41. The average Bonchev–Trinajstić information content (AvgIpc) is 3.09. The van der Waals surface area contributed by atoms with Gasteiger partial charge in [-0.05, 0) is 79.7 Å². The Labute approximate surface area is 264 Å². The van der Waals surface area contributed by atoms with E-state index in [4.69, 9.17) is 14.2 Å². The number of fused-ring (bicyclic) bond motifs is 1. The fourth-order valence-corrected chi connectivity index (χ4v) is 6.41. The molecule has 1 saturated carbocycles. The number of nitrogens with zero attached hydrogens (tertiary/aromatic N) is 3. The van der Waals surface area contributed by atoms with Gasteiger partial charge < -0.3 is 23.7 Å². The number of aromatic nitrogens is 2. The van der Waals surface area contributed by atoms with Gasteiger partial charge in [-0.1, -0.05) is 55.8 Å². The minimum Gasteiger partial charge on any atom is -0.490 e. The van der Waals surface area contributed by atoms with Crippen LogP contribution in [0, 0.1) is 0 Å². The number of hydrogen-bond acceptors (Lipinski definition) is 6. The standard InChI is InChI=1S/C37H43N3O5/c1-2-3-21-40-25-35(33-17-20-38-24-34(33)36(40)41)28-9-11-29(12-10-28)44-30-13-15-31(16-14-30)45-32-18-22-39(23-19-32)37(42)43-26-27-7-5-4-6-8-27/h4-12,17,20,24-25,30-32H,2-3,13-16,18-19,21-23,26H2,1H3. The van der Waals surface area contributed by atoms with Gasteiger partial charge in [0.05, 0.1) is 23.7 Å². The Balaban J connectivity index is 0.966. The van der Waals surface area contributed by atoms with E-state index in [0.29, 0.717) is 31.6 Å². The Hall–Kier alpha value is -4.17. The molecule has 0 spiro atoms. The van der Waals surface area contributed by atoms with Crippen LogP contribution in [0.25, 0.3) is 21.9 Å². The molecule has 1 amide bonds. The van der Waals surface area contributed by atoms with Gasteiger partial charge in [0.25, 0.3) is 5.56 Å². The van der Waals surface area contributed by atoms with Crippen molar-refractivity contribution in [3.05, 3.63) is 95.2 Å². The summed E-state index contributed by atoms with van der Waals surface area (Å²) in [4.78, 5) is 31.5. The number of carbonyl (C=O) groups excluding carboxylic acids is 1. The molecule has 236 valence electrons. The van der Waals surface area contributed by atoms with E-state index >= 15 is 0 Å². The van der Waals surface area contributed by atoms with E-state index in [2.05, 4.69) is 24.0 Å². The molecule has 4 aromatic rings. The minimum absolute atomic E-state index is 0.0135. The second-order valence-corrected chi connectivity index (χ2v) is 12.2. The molecular formula is C37H43N3O5. The summed E-state index contributed by atoms with van der Waals surface area (Å²) < 4.78 is 20.2. The molecule has 45 heavy (non-hydrogen) atoms. The van der Waals surface area contributed by atoms with Crippen molar-refractivity contribution in [3.8, 4) is 16.9 Å². The SMILES string of the molecule is CCCCn1cc(-c2ccc(OC3CCC(OC4CCN(C(=O)OCc5ccccc5)CC4)CC3)cc2)c2ccncc2c1=O. The maximum atomic E-state index is 13.0. The zero-order valence-electron chi connectivity index (χ0n) is 26.1. The third kappa shape index (κ3) is 7.74. The number of unbranched alkanes of at least 4 members (excludes halogenated alkanes) is 1. The highest BCUT2D eigenvalue weighted by Crippen LogP contribution is 2.31. The first-order valence-electron chi connectivity index (χ1n) is 16.4. The van der Waals surface area contributed by atoms with Crippen LogP contribution in [0.3, 0.4) is 0 Å². The van der Waals surface area contributed by atoms with Crippen LogP contribution >= 0.6 is 0 Å². The van der Waals surface area contributed by atoms with Crippen molar-refractivity contribution in [1.29, 1.82) is 0 Å². The Morgan fingerprint density at radius 2 is 1.58 bits per heavy atom. The van der Waals surface area contributed by atoms with E-state index in [1.807, 2.05) is 59.3 Å². The first-order valence-corrected chi connectivity index (χ1v) is 16.4. The van der Waals surface area contributed by atoms with E-state index in [0.717, 1.165) is 79.2 Å². The fraction of sp³-hybridized carbons (Fsp3) is 0.432. The smallest absolute Gasteiger partial charge is 0.410 e. The van der Waals surface area contributed by atoms with E-state index in [1.54, 1.807) is 17.3 Å². The maximum Gasteiger partial charge on any atom is 0.410 e. The number of hydrogen-bond donors (Lipinski definition) is 0. The number of amides is 1. The highest BCUT2D eigenvalue weighted by molar-refractivity contribution is 5.95. The van der Waals surface area contributed by atoms with Gasteiger partial charge in [-0.2, -0.15) is 0 Å². The van der Waals surface area contributed by atoms with E-state index in [9.17, 15) is 9.59 Å². The number of likely N-dealkylation sites (tertiary alicyclic amines) is 1. The lowest BCUT2D eigenvalue weighted by Crippen LogP contribution is -2.42. The summed E-state index contributed by atoms with van der Waals surface area (Å²) in [6.45, 7) is 4.46. The van der Waals surface area contributed by atoms with Crippen molar-refractivity contribution in [3.63, 3.8) is 0 Å². The van der Waals surface area contributed by atoms with Gasteiger partial charge >= 0.3 is 6.09 Å². The average molecular weight is 610 g/mol. The van der Waals surface area contributed by atoms with Crippen LogP contribution in [-0.2, 0) is 22.6 Å². The summed E-state index contributed by atoms with van der Waals surface area (Å²) in [6.07, 6.45) is 13.3. The van der Waals surface area contributed by atoms with Gasteiger partial charge in [0.1, 0.15) is 12.4 Å². The van der Waals surface area contributed by atoms with Crippen LogP contribution in [0.4, 0.5) is 4.79 Å². The molecule has 2 aromatic carbocycles. The van der Waals surface area contributed by atoms with Crippen LogP contribution in [-0.4, -0.2) is 51.9 Å². The molecule has 1 saturated heterocycles. The van der Waals surface area contributed by atoms with Crippen molar-refractivity contribution in [2.24, 2.45) is 0 Å². The number of benzene rings is 2. The lowest BCUT2D eigenvalue weighted by atomic mass is 9.94. The maximum absolute atomic E-state index is 13.0. The summed E-state index contributed by atoms with van der Waals surface area (Å²) in [5.74, 6) is 0.861. The summed E-state index contributed by atoms with van der Waals surface area (Å²) in [5, 5.41) is 1.57. The van der Waals surface area contributed by atoms with Crippen LogP contribution in [0.2, 0.25) is 0 Å². The first-order chi connectivity index (χ1) is 22.1. The second-order valence-electron chi connectivity index (χ2n) is 12.2. The first kappa shape index (κ1) is 30.8. The Morgan fingerprint density at radius 1 is 0.867 bits per heavy atom. The summed E-state index contributed by atoms with van der Waals surface area (Å²) in [6, 6.07) is 19.9. The molecule has 6 rings (SSSR count). The molecule has 0 radical (unpaired) electrons. The Bertz CT molecular complexity index is 1610. The lowest BCUT2D eigenvalue weighted by molar-refractivity contribution is -0.0652. The van der Waals surface area contributed by atoms with E-state index in [-0.39, 0.29) is 30.0 Å². The van der Waals surface area contributed by atoms with Crippen LogP contribution in [0.15, 0.2) is 84.0 Å². The second kappa shape index (κ2) is 14.7. The van der Waals surface area contributed by atoms with Gasteiger partial charge in [-0.25, -0.2) is 4.79 Å². The summed E-state index contributed by atoms with van der Waals surface area (Å²) in [7, 11) is 0. The molecule has 8 nitrogen and oxygen atoms in total. The molecule has 1 aliphatic heterocycles. The Morgan fingerprint density at radius 3 is 2.31 bits per heavy atom. The number of aryl methyl sites for hydroxylation is 1. The van der Waals surface area contributed by atoms with Crippen molar-refractivity contribution < 1.29 is 19.0 Å². The zero-order valence-corrected chi connectivity index (χ0v) is 26.1. The van der Waals surface area contributed by atoms with Gasteiger partial charge in [-0.3, -0.25) is 9.78 Å². The van der Waals surface area contributed by atoms with Gasteiger partial charge in [0.15, 0.2) is 0 Å². The summed E-state index contributed by atoms with van der Waals surface area (Å²) in [5.41, 5.74) is 3.09. The third-order valence-electron chi connectivity index (χ3n) is 9.02. The van der Waals surface area contributed by atoms with Crippen LogP contribution < -0.4 is 10.3 Å². The molecule has 3 heterocycles. The van der Waals surface area contributed by atoms with Gasteiger partial charge in [-0.15, -0.1) is 0 Å². The van der Waals surface area contributed by atoms with E-state index < -0.39 is 0 Å². The van der Waals surface area contributed by atoms with Gasteiger partial charge in [0.2, 0.25) is 0 Å². The van der Waals surface area contributed by atoms with Crippen molar-refractivity contribution >= 4 is 16.9 Å². The molecule has 0 bridgehead atoms.